The summed E-state index contributed by atoms with van der Waals surface area (Å²) in [5, 5.41) is 2.08. The summed E-state index contributed by atoms with van der Waals surface area (Å²) in [4.78, 5) is 18.5. The standard InChI is InChI=1S/C20H25N3O3S2/c24-20(16-22-10-4-8-18(22)19-9-5-15-27-19)21-11-13-23(14-12-21)28(25,26)17-6-2-1-3-7-17/h1-3,5-7,9,15,18H,4,8,10-14,16H2/t18-/m1/s1. The molecule has 2 fully saturated rings. The zero-order valence-corrected chi connectivity index (χ0v) is 17.4. The van der Waals surface area contributed by atoms with Crippen LogP contribution >= 0.6 is 11.3 Å². The van der Waals surface area contributed by atoms with Crippen molar-refractivity contribution >= 4 is 27.3 Å². The van der Waals surface area contributed by atoms with E-state index in [1.807, 2.05) is 0 Å². The highest BCUT2D eigenvalue weighted by Crippen LogP contribution is 2.34. The molecule has 3 heterocycles. The van der Waals surface area contributed by atoms with E-state index in [1.165, 1.54) is 9.18 Å². The van der Waals surface area contributed by atoms with Crippen molar-refractivity contribution in [3.63, 3.8) is 0 Å². The van der Waals surface area contributed by atoms with Gasteiger partial charge in [-0.3, -0.25) is 9.69 Å². The Balaban J connectivity index is 1.34. The van der Waals surface area contributed by atoms with Crippen molar-refractivity contribution in [2.24, 2.45) is 0 Å². The summed E-state index contributed by atoms with van der Waals surface area (Å²) in [6.45, 7) is 2.93. The number of carbonyl (C=O) groups excluding carboxylic acids is 1. The Labute approximate surface area is 170 Å². The Kier molecular flexibility index (Phi) is 5.82. The first-order chi connectivity index (χ1) is 13.6. The molecule has 2 aliphatic heterocycles. The van der Waals surface area contributed by atoms with Gasteiger partial charge in [-0.1, -0.05) is 24.3 Å². The topological polar surface area (TPSA) is 60.9 Å². The first-order valence-corrected chi connectivity index (χ1v) is 12.0. The van der Waals surface area contributed by atoms with E-state index >= 15 is 0 Å². The Hall–Kier alpha value is -1.74. The fraction of sp³-hybridized carbons (Fsp3) is 0.450. The molecule has 0 N–H and O–H groups in total. The van der Waals surface area contributed by atoms with Crippen molar-refractivity contribution in [1.82, 2.24) is 14.1 Å². The molecule has 150 valence electrons. The van der Waals surface area contributed by atoms with E-state index in [0.717, 1.165) is 19.4 Å². The first kappa shape index (κ1) is 19.6. The monoisotopic (exact) mass is 419 g/mol. The van der Waals surface area contributed by atoms with Crippen LogP contribution < -0.4 is 0 Å². The molecule has 0 bridgehead atoms. The quantitative estimate of drug-likeness (QED) is 0.747. The van der Waals surface area contributed by atoms with Crippen LogP contribution in [-0.2, 0) is 14.8 Å². The Morgan fingerprint density at radius 3 is 2.43 bits per heavy atom. The second-order valence-corrected chi connectivity index (χ2v) is 10.2. The maximum Gasteiger partial charge on any atom is 0.243 e. The lowest BCUT2D eigenvalue weighted by atomic mass is 10.2. The van der Waals surface area contributed by atoms with Crippen LogP contribution in [-0.4, -0.2) is 67.7 Å². The number of nitrogens with zero attached hydrogens (tertiary/aromatic N) is 3. The van der Waals surface area contributed by atoms with Gasteiger partial charge in [0.25, 0.3) is 0 Å². The lowest BCUT2D eigenvalue weighted by Gasteiger charge is -2.35. The van der Waals surface area contributed by atoms with Crippen LogP contribution in [0.2, 0.25) is 0 Å². The number of hydrogen-bond acceptors (Lipinski definition) is 5. The third-order valence-electron chi connectivity index (χ3n) is 5.55. The highest BCUT2D eigenvalue weighted by Gasteiger charge is 2.33. The fourth-order valence-electron chi connectivity index (χ4n) is 4.01. The fourth-order valence-corrected chi connectivity index (χ4v) is 6.35. The van der Waals surface area contributed by atoms with Crippen molar-refractivity contribution in [2.75, 3.05) is 39.3 Å². The van der Waals surface area contributed by atoms with Gasteiger partial charge < -0.3 is 4.90 Å². The van der Waals surface area contributed by atoms with Gasteiger partial charge in [0.05, 0.1) is 11.4 Å². The van der Waals surface area contributed by atoms with E-state index < -0.39 is 10.0 Å². The van der Waals surface area contributed by atoms with Crippen LogP contribution in [0.15, 0.2) is 52.7 Å². The minimum Gasteiger partial charge on any atom is -0.339 e. The van der Waals surface area contributed by atoms with Crippen molar-refractivity contribution in [2.45, 2.75) is 23.8 Å². The predicted octanol–water partition coefficient (Wildman–Crippen LogP) is 2.42. The van der Waals surface area contributed by atoms with Gasteiger partial charge in [0.15, 0.2) is 0 Å². The van der Waals surface area contributed by atoms with Crippen LogP contribution in [0.5, 0.6) is 0 Å². The normalized spacial score (nSPS) is 21.9. The van der Waals surface area contributed by atoms with Crippen molar-refractivity contribution in [3.05, 3.63) is 52.7 Å². The number of amides is 1. The van der Waals surface area contributed by atoms with Gasteiger partial charge in [-0.15, -0.1) is 11.3 Å². The number of sulfonamides is 1. The first-order valence-electron chi connectivity index (χ1n) is 9.66. The highest BCUT2D eigenvalue weighted by molar-refractivity contribution is 7.89. The highest BCUT2D eigenvalue weighted by atomic mass is 32.2. The van der Waals surface area contributed by atoms with E-state index in [-0.39, 0.29) is 5.91 Å². The maximum absolute atomic E-state index is 12.8. The number of likely N-dealkylation sites (tertiary alicyclic amines) is 1. The Morgan fingerprint density at radius 1 is 1.00 bits per heavy atom. The van der Waals surface area contributed by atoms with Crippen molar-refractivity contribution in [1.29, 1.82) is 0 Å². The molecule has 0 unspecified atom stereocenters. The molecule has 1 atom stereocenters. The largest absolute Gasteiger partial charge is 0.339 e. The molecule has 0 spiro atoms. The van der Waals surface area contributed by atoms with Gasteiger partial charge in [-0.05, 0) is 43.0 Å². The maximum atomic E-state index is 12.8. The predicted molar refractivity (Wildman–Crippen MR) is 110 cm³/mol. The second kappa shape index (κ2) is 8.32. The van der Waals surface area contributed by atoms with E-state index in [9.17, 15) is 13.2 Å². The molecule has 1 aromatic carbocycles. The zero-order valence-electron chi connectivity index (χ0n) is 15.7. The third kappa shape index (κ3) is 4.00. The lowest BCUT2D eigenvalue weighted by molar-refractivity contribution is -0.133. The van der Waals surface area contributed by atoms with E-state index in [2.05, 4.69) is 22.4 Å². The molecule has 28 heavy (non-hydrogen) atoms. The van der Waals surface area contributed by atoms with Gasteiger partial charge in [0, 0.05) is 37.1 Å². The third-order valence-corrected chi connectivity index (χ3v) is 8.43. The van der Waals surface area contributed by atoms with Crippen LogP contribution in [0.25, 0.3) is 0 Å². The van der Waals surface area contributed by atoms with Gasteiger partial charge in [0.1, 0.15) is 0 Å². The van der Waals surface area contributed by atoms with Gasteiger partial charge >= 0.3 is 0 Å². The van der Waals surface area contributed by atoms with Crippen LogP contribution in [0.1, 0.15) is 23.8 Å². The molecule has 0 radical (unpaired) electrons. The summed E-state index contributed by atoms with van der Waals surface area (Å²) in [7, 11) is -3.49. The SMILES string of the molecule is O=C(CN1CCC[C@@H]1c1cccs1)N1CCN(S(=O)(=O)c2ccccc2)CC1. The summed E-state index contributed by atoms with van der Waals surface area (Å²) in [6, 6.07) is 13.0. The minimum atomic E-state index is -3.49. The van der Waals surface area contributed by atoms with E-state index in [4.69, 9.17) is 0 Å². The summed E-state index contributed by atoms with van der Waals surface area (Å²) in [6.07, 6.45) is 2.20. The lowest BCUT2D eigenvalue weighted by Crippen LogP contribution is -2.52. The zero-order chi connectivity index (χ0) is 19.6. The molecular weight excluding hydrogens is 394 g/mol. The van der Waals surface area contributed by atoms with Gasteiger partial charge in [-0.2, -0.15) is 4.31 Å². The molecular formula is C20H25N3O3S2. The molecule has 2 aliphatic rings. The molecule has 8 heteroatoms. The second-order valence-electron chi connectivity index (χ2n) is 7.24. The van der Waals surface area contributed by atoms with Crippen molar-refractivity contribution < 1.29 is 13.2 Å². The van der Waals surface area contributed by atoms with Gasteiger partial charge in [0.2, 0.25) is 15.9 Å². The minimum absolute atomic E-state index is 0.0974. The van der Waals surface area contributed by atoms with Crippen LogP contribution in [0.3, 0.4) is 0 Å². The summed E-state index contributed by atoms with van der Waals surface area (Å²) < 4.78 is 26.9. The Morgan fingerprint density at radius 2 is 1.75 bits per heavy atom. The molecule has 4 rings (SSSR count). The number of thiophene rings is 1. The number of benzene rings is 1. The number of rotatable bonds is 5. The number of carbonyl (C=O) groups is 1. The van der Waals surface area contributed by atoms with Crippen LogP contribution in [0, 0.1) is 0 Å². The van der Waals surface area contributed by atoms with E-state index in [1.54, 1.807) is 46.6 Å². The average molecular weight is 420 g/mol. The van der Waals surface area contributed by atoms with Crippen molar-refractivity contribution in [3.8, 4) is 0 Å². The van der Waals surface area contributed by atoms with Crippen LogP contribution in [0.4, 0.5) is 0 Å². The summed E-state index contributed by atoms with van der Waals surface area (Å²) in [5.74, 6) is 0.0974. The molecule has 2 aromatic rings. The summed E-state index contributed by atoms with van der Waals surface area (Å²) in [5.41, 5.74) is 0. The molecule has 2 saturated heterocycles. The van der Waals surface area contributed by atoms with E-state index in [0.29, 0.717) is 43.7 Å². The molecule has 1 aromatic heterocycles. The smallest absolute Gasteiger partial charge is 0.243 e. The average Bonchev–Trinajstić information content (AvgIpc) is 3.40. The molecule has 0 aliphatic carbocycles. The number of hydrogen-bond donors (Lipinski definition) is 0. The Bertz CT molecular complexity index is 892. The van der Waals surface area contributed by atoms with Gasteiger partial charge in [-0.25, -0.2) is 8.42 Å². The molecule has 1 amide bonds. The molecule has 0 saturated carbocycles. The number of piperazine rings is 1. The summed E-state index contributed by atoms with van der Waals surface area (Å²) >= 11 is 1.75. The molecule has 6 nitrogen and oxygen atoms in total.